The molecule has 2 aliphatic heterocycles. The molecule has 1 amide bonds. The molecule has 0 aliphatic carbocycles. The van der Waals surface area contributed by atoms with E-state index in [4.69, 9.17) is 22.1 Å². The predicted octanol–water partition coefficient (Wildman–Crippen LogP) is 2.30. The lowest BCUT2D eigenvalue weighted by molar-refractivity contribution is -0.140. The molecule has 0 atom stereocenters. The number of benzene rings is 1. The Morgan fingerprint density at radius 1 is 1.25 bits per heavy atom. The van der Waals surface area contributed by atoms with E-state index >= 15 is 0 Å². The van der Waals surface area contributed by atoms with Gasteiger partial charge in [0.1, 0.15) is 0 Å². The number of carbonyl (C=O) groups is 1. The van der Waals surface area contributed by atoms with E-state index in [1.165, 1.54) is 5.56 Å². The number of hydrogen-bond acceptors (Lipinski definition) is 4. The van der Waals surface area contributed by atoms with Gasteiger partial charge in [0, 0.05) is 62.6 Å². The Hall–Kier alpha value is -1.30. The third-order valence-corrected chi connectivity index (χ3v) is 5.39. The monoisotopic (exact) mass is 351 g/mol. The number of nitrogen functional groups attached to an aromatic ring is 1. The van der Waals surface area contributed by atoms with Gasteiger partial charge in [-0.25, -0.2) is 0 Å². The zero-order valence-electron chi connectivity index (χ0n) is 14.3. The van der Waals surface area contributed by atoms with Gasteiger partial charge in [0.15, 0.2) is 0 Å². The Labute approximate surface area is 148 Å². The molecule has 2 N–H and O–H groups in total. The first kappa shape index (κ1) is 17.5. The van der Waals surface area contributed by atoms with Crippen LogP contribution in [0.4, 0.5) is 5.69 Å². The summed E-state index contributed by atoms with van der Waals surface area (Å²) in [5, 5.41) is 0.682. The van der Waals surface area contributed by atoms with E-state index in [1.54, 1.807) is 6.07 Å². The van der Waals surface area contributed by atoms with E-state index in [0.717, 1.165) is 56.8 Å². The molecular formula is C18H26ClN3O2. The molecule has 1 aromatic carbocycles. The second kappa shape index (κ2) is 7.72. The third-order valence-electron chi connectivity index (χ3n) is 5.17. The number of rotatable bonds is 3. The SMILES string of the molecule is Cc1c(N)cc(Cl)cc1CN1CCN(C(=O)C2CCOCC2)CC1. The lowest BCUT2D eigenvalue weighted by Gasteiger charge is -2.37. The number of piperazine rings is 1. The summed E-state index contributed by atoms with van der Waals surface area (Å²) in [5.74, 6) is 0.460. The summed E-state index contributed by atoms with van der Waals surface area (Å²) < 4.78 is 5.35. The first-order valence-corrected chi connectivity index (χ1v) is 9.06. The van der Waals surface area contributed by atoms with Gasteiger partial charge in [-0.05, 0) is 43.0 Å². The van der Waals surface area contributed by atoms with Crippen LogP contribution < -0.4 is 5.73 Å². The van der Waals surface area contributed by atoms with Gasteiger partial charge < -0.3 is 15.4 Å². The van der Waals surface area contributed by atoms with Crippen molar-refractivity contribution in [3.63, 3.8) is 0 Å². The largest absolute Gasteiger partial charge is 0.398 e. The number of ether oxygens (including phenoxy) is 1. The molecule has 0 saturated carbocycles. The van der Waals surface area contributed by atoms with Crippen molar-refractivity contribution in [1.82, 2.24) is 9.80 Å². The van der Waals surface area contributed by atoms with Crippen LogP contribution in [0.5, 0.6) is 0 Å². The van der Waals surface area contributed by atoms with Gasteiger partial charge in [-0.15, -0.1) is 0 Å². The quantitative estimate of drug-likeness (QED) is 0.849. The molecule has 0 radical (unpaired) electrons. The van der Waals surface area contributed by atoms with Gasteiger partial charge >= 0.3 is 0 Å². The molecule has 132 valence electrons. The van der Waals surface area contributed by atoms with Crippen LogP contribution in [0, 0.1) is 12.8 Å². The van der Waals surface area contributed by atoms with Crippen molar-refractivity contribution in [3.05, 3.63) is 28.3 Å². The fraction of sp³-hybridized carbons (Fsp3) is 0.611. The molecule has 2 saturated heterocycles. The number of nitrogens with zero attached hydrogens (tertiary/aromatic N) is 2. The first-order valence-electron chi connectivity index (χ1n) is 8.68. The average Bonchev–Trinajstić information content (AvgIpc) is 2.60. The van der Waals surface area contributed by atoms with Gasteiger partial charge in [-0.3, -0.25) is 9.69 Å². The minimum Gasteiger partial charge on any atom is -0.398 e. The summed E-state index contributed by atoms with van der Waals surface area (Å²) >= 11 is 6.13. The van der Waals surface area contributed by atoms with Gasteiger partial charge in [0.25, 0.3) is 0 Å². The lowest BCUT2D eigenvalue weighted by Crippen LogP contribution is -2.50. The number of hydrogen-bond donors (Lipinski definition) is 1. The predicted molar refractivity (Wildman–Crippen MR) is 96.0 cm³/mol. The average molecular weight is 352 g/mol. The number of amides is 1. The van der Waals surface area contributed by atoms with Crippen molar-refractivity contribution in [1.29, 1.82) is 0 Å². The van der Waals surface area contributed by atoms with Gasteiger partial charge in [0.2, 0.25) is 5.91 Å². The zero-order chi connectivity index (χ0) is 17.1. The minimum atomic E-state index is 0.153. The van der Waals surface area contributed by atoms with Gasteiger partial charge in [-0.1, -0.05) is 11.6 Å². The van der Waals surface area contributed by atoms with E-state index in [1.807, 2.05) is 17.9 Å². The number of halogens is 1. The molecule has 0 unspecified atom stereocenters. The topological polar surface area (TPSA) is 58.8 Å². The van der Waals surface area contributed by atoms with Crippen LogP contribution >= 0.6 is 11.6 Å². The van der Waals surface area contributed by atoms with Crippen molar-refractivity contribution in [2.24, 2.45) is 5.92 Å². The second-order valence-electron chi connectivity index (χ2n) is 6.77. The van der Waals surface area contributed by atoms with Crippen LogP contribution in [-0.4, -0.2) is 55.1 Å². The Kier molecular flexibility index (Phi) is 5.64. The van der Waals surface area contributed by atoms with Crippen LogP contribution in [0.25, 0.3) is 0 Å². The van der Waals surface area contributed by atoms with Gasteiger partial charge in [-0.2, -0.15) is 0 Å². The molecule has 0 spiro atoms. The van der Waals surface area contributed by atoms with Gasteiger partial charge in [0.05, 0.1) is 0 Å². The molecule has 0 aromatic heterocycles. The van der Waals surface area contributed by atoms with Crippen LogP contribution in [0.2, 0.25) is 5.02 Å². The highest BCUT2D eigenvalue weighted by Gasteiger charge is 2.28. The molecule has 1 aromatic rings. The highest BCUT2D eigenvalue weighted by Crippen LogP contribution is 2.24. The molecule has 5 nitrogen and oxygen atoms in total. The van der Waals surface area contributed by atoms with Crippen molar-refractivity contribution in [3.8, 4) is 0 Å². The molecule has 0 bridgehead atoms. The maximum absolute atomic E-state index is 12.6. The highest BCUT2D eigenvalue weighted by molar-refractivity contribution is 6.31. The molecular weight excluding hydrogens is 326 g/mol. The number of nitrogens with two attached hydrogens (primary N) is 1. The van der Waals surface area contributed by atoms with E-state index in [9.17, 15) is 4.79 Å². The van der Waals surface area contributed by atoms with Crippen LogP contribution in [0.15, 0.2) is 12.1 Å². The summed E-state index contributed by atoms with van der Waals surface area (Å²) in [6, 6.07) is 3.79. The summed E-state index contributed by atoms with van der Waals surface area (Å²) in [4.78, 5) is 17.0. The van der Waals surface area contributed by atoms with E-state index in [2.05, 4.69) is 4.90 Å². The fourth-order valence-electron chi connectivity index (χ4n) is 3.49. The summed E-state index contributed by atoms with van der Waals surface area (Å²) in [5.41, 5.74) is 9.01. The van der Waals surface area contributed by atoms with Crippen molar-refractivity contribution in [2.45, 2.75) is 26.3 Å². The molecule has 2 heterocycles. The van der Waals surface area contributed by atoms with E-state index in [0.29, 0.717) is 24.1 Å². The zero-order valence-corrected chi connectivity index (χ0v) is 15.0. The summed E-state index contributed by atoms with van der Waals surface area (Å²) in [7, 11) is 0. The minimum absolute atomic E-state index is 0.153. The van der Waals surface area contributed by atoms with Crippen LogP contribution in [0.3, 0.4) is 0 Å². The molecule has 2 fully saturated rings. The third kappa shape index (κ3) is 4.02. The van der Waals surface area contributed by atoms with E-state index in [-0.39, 0.29) is 5.92 Å². The Morgan fingerprint density at radius 2 is 1.92 bits per heavy atom. The lowest BCUT2D eigenvalue weighted by atomic mass is 9.98. The fourth-order valence-corrected chi connectivity index (χ4v) is 3.74. The van der Waals surface area contributed by atoms with E-state index < -0.39 is 0 Å². The second-order valence-corrected chi connectivity index (χ2v) is 7.20. The number of anilines is 1. The number of carbonyl (C=O) groups excluding carboxylic acids is 1. The molecule has 6 heteroatoms. The molecule has 2 aliphatic rings. The standard InChI is InChI=1S/C18H26ClN3O2/c1-13-15(10-16(19)11-17(13)20)12-21-4-6-22(7-5-21)18(23)14-2-8-24-9-3-14/h10-11,14H,2-9,12,20H2,1H3. The Balaban J connectivity index is 1.54. The Morgan fingerprint density at radius 3 is 2.58 bits per heavy atom. The van der Waals surface area contributed by atoms with Crippen molar-refractivity contribution in [2.75, 3.05) is 45.1 Å². The molecule has 3 rings (SSSR count). The van der Waals surface area contributed by atoms with Crippen LogP contribution in [-0.2, 0) is 16.1 Å². The Bertz CT molecular complexity index is 594. The van der Waals surface area contributed by atoms with Crippen molar-refractivity contribution < 1.29 is 9.53 Å². The smallest absolute Gasteiger partial charge is 0.225 e. The maximum atomic E-state index is 12.6. The summed E-state index contributed by atoms with van der Waals surface area (Å²) in [6.07, 6.45) is 1.72. The maximum Gasteiger partial charge on any atom is 0.225 e. The van der Waals surface area contributed by atoms with Crippen molar-refractivity contribution >= 4 is 23.2 Å². The first-order chi connectivity index (χ1) is 11.5. The summed E-state index contributed by atoms with van der Waals surface area (Å²) in [6.45, 7) is 7.66. The van der Waals surface area contributed by atoms with Crippen LogP contribution in [0.1, 0.15) is 24.0 Å². The molecule has 24 heavy (non-hydrogen) atoms. The normalized spacial score (nSPS) is 20.3. The highest BCUT2D eigenvalue weighted by atomic mass is 35.5.